The van der Waals surface area contributed by atoms with Crippen molar-refractivity contribution in [2.24, 2.45) is 4.99 Å². The van der Waals surface area contributed by atoms with Gasteiger partial charge in [0.05, 0.1) is 12.3 Å². The van der Waals surface area contributed by atoms with Crippen molar-refractivity contribution in [1.82, 2.24) is 10.4 Å². The summed E-state index contributed by atoms with van der Waals surface area (Å²) in [5.41, 5.74) is 5.02. The van der Waals surface area contributed by atoms with Gasteiger partial charge in [0.1, 0.15) is 6.34 Å². The molecule has 2 rings (SSSR count). The fourth-order valence-corrected chi connectivity index (χ4v) is 2.45. The van der Waals surface area contributed by atoms with Gasteiger partial charge in [0, 0.05) is 38.4 Å². The standard InChI is InChI=1S/C14H22N4O2/c1-12-10-13(2-3-14(12)15-11-16-20)18-6-4-17(5-7-18)8-9-19/h2-3,10-11,19-20H,4-9H2,1H3,(H,15,16). The maximum absolute atomic E-state index is 8.95. The molecule has 1 saturated heterocycles. The lowest BCUT2D eigenvalue weighted by Crippen LogP contribution is -2.47. The van der Waals surface area contributed by atoms with Crippen LogP contribution in [0.15, 0.2) is 23.2 Å². The van der Waals surface area contributed by atoms with Gasteiger partial charge in [-0.1, -0.05) is 0 Å². The fraction of sp³-hybridized carbons (Fsp3) is 0.500. The van der Waals surface area contributed by atoms with E-state index in [9.17, 15) is 0 Å². The molecule has 1 aromatic carbocycles. The lowest BCUT2D eigenvalue weighted by atomic mass is 10.1. The number of aliphatic imine (C=N–C) groups is 1. The second-order valence-corrected chi connectivity index (χ2v) is 4.91. The maximum atomic E-state index is 8.95. The molecule has 1 aromatic rings. The Morgan fingerprint density at radius 2 is 2.05 bits per heavy atom. The number of hydrogen-bond donors (Lipinski definition) is 3. The van der Waals surface area contributed by atoms with Crippen molar-refractivity contribution in [2.45, 2.75) is 6.92 Å². The number of rotatable bonds is 5. The second kappa shape index (κ2) is 7.23. The molecule has 0 radical (unpaired) electrons. The Morgan fingerprint density at radius 1 is 1.30 bits per heavy atom. The first-order valence-corrected chi connectivity index (χ1v) is 6.85. The summed E-state index contributed by atoms with van der Waals surface area (Å²) < 4.78 is 0. The molecule has 6 nitrogen and oxygen atoms in total. The number of aliphatic hydroxyl groups is 1. The highest BCUT2D eigenvalue weighted by molar-refractivity contribution is 5.64. The number of hydrogen-bond acceptors (Lipinski definition) is 5. The summed E-state index contributed by atoms with van der Waals surface area (Å²) in [5.74, 6) is 0. The highest BCUT2D eigenvalue weighted by Crippen LogP contribution is 2.25. The number of nitrogens with one attached hydrogen (secondary N) is 1. The van der Waals surface area contributed by atoms with Crippen LogP contribution in [0.4, 0.5) is 11.4 Å². The van der Waals surface area contributed by atoms with Crippen LogP contribution in [0, 0.1) is 6.92 Å². The summed E-state index contributed by atoms with van der Waals surface area (Å²) in [6.45, 7) is 6.90. The van der Waals surface area contributed by atoms with E-state index in [2.05, 4.69) is 26.9 Å². The average Bonchev–Trinajstić information content (AvgIpc) is 2.47. The van der Waals surface area contributed by atoms with Crippen LogP contribution in [0.5, 0.6) is 0 Å². The highest BCUT2D eigenvalue weighted by atomic mass is 16.5. The number of piperazine rings is 1. The predicted octanol–water partition coefficient (Wildman–Crippen LogP) is 0.748. The van der Waals surface area contributed by atoms with Gasteiger partial charge >= 0.3 is 0 Å². The van der Waals surface area contributed by atoms with Crippen molar-refractivity contribution in [2.75, 3.05) is 44.2 Å². The minimum atomic E-state index is 0.227. The van der Waals surface area contributed by atoms with Gasteiger partial charge in [0.2, 0.25) is 0 Å². The molecule has 3 N–H and O–H groups in total. The molecule has 0 aromatic heterocycles. The van der Waals surface area contributed by atoms with Crippen molar-refractivity contribution in [3.63, 3.8) is 0 Å². The minimum Gasteiger partial charge on any atom is -0.395 e. The zero-order valence-electron chi connectivity index (χ0n) is 11.8. The molecule has 1 fully saturated rings. The Hall–Kier alpha value is -1.63. The van der Waals surface area contributed by atoms with Crippen molar-refractivity contribution < 1.29 is 10.3 Å². The molecule has 0 saturated carbocycles. The molecular formula is C14H22N4O2. The first-order chi connectivity index (χ1) is 9.74. The highest BCUT2D eigenvalue weighted by Gasteiger charge is 2.16. The smallest absolute Gasteiger partial charge is 0.113 e. The normalized spacial score (nSPS) is 16.9. The first-order valence-electron chi connectivity index (χ1n) is 6.85. The van der Waals surface area contributed by atoms with Gasteiger partial charge in [-0.25, -0.2) is 4.99 Å². The summed E-state index contributed by atoms with van der Waals surface area (Å²) in [5, 5.41) is 17.5. The molecule has 110 valence electrons. The van der Waals surface area contributed by atoms with Crippen LogP contribution in [-0.4, -0.2) is 60.9 Å². The molecule has 0 spiro atoms. The van der Waals surface area contributed by atoms with Gasteiger partial charge in [0.25, 0.3) is 0 Å². The molecule has 6 heteroatoms. The monoisotopic (exact) mass is 278 g/mol. The SMILES string of the molecule is Cc1cc(N2CCN(CCO)CC2)ccc1N=CNO. The van der Waals surface area contributed by atoms with Gasteiger partial charge < -0.3 is 10.0 Å². The van der Waals surface area contributed by atoms with E-state index in [1.54, 1.807) is 0 Å². The third kappa shape index (κ3) is 3.69. The minimum absolute atomic E-state index is 0.227. The molecule has 20 heavy (non-hydrogen) atoms. The van der Waals surface area contributed by atoms with E-state index < -0.39 is 0 Å². The van der Waals surface area contributed by atoms with Crippen molar-refractivity contribution in [1.29, 1.82) is 0 Å². The molecular weight excluding hydrogens is 256 g/mol. The summed E-state index contributed by atoms with van der Waals surface area (Å²) in [4.78, 5) is 8.72. The first kappa shape index (κ1) is 14.8. The van der Waals surface area contributed by atoms with Gasteiger partial charge in [-0.15, -0.1) is 0 Å². The quantitative estimate of drug-likeness (QED) is 0.421. The molecule has 0 aliphatic carbocycles. The number of hydroxylamine groups is 1. The molecule has 1 heterocycles. The summed E-state index contributed by atoms with van der Waals surface area (Å²) in [6.07, 6.45) is 1.26. The van der Waals surface area contributed by atoms with Crippen LogP contribution in [-0.2, 0) is 0 Å². The topological polar surface area (TPSA) is 71.3 Å². The second-order valence-electron chi connectivity index (χ2n) is 4.91. The van der Waals surface area contributed by atoms with Crippen LogP contribution in [0.3, 0.4) is 0 Å². The Kier molecular flexibility index (Phi) is 5.34. The van der Waals surface area contributed by atoms with Crippen LogP contribution in [0.1, 0.15) is 5.56 Å². The fourth-order valence-electron chi connectivity index (χ4n) is 2.45. The lowest BCUT2D eigenvalue weighted by Gasteiger charge is -2.36. The maximum Gasteiger partial charge on any atom is 0.113 e. The summed E-state index contributed by atoms with van der Waals surface area (Å²) in [6, 6.07) is 6.13. The molecule has 1 aliphatic rings. The largest absolute Gasteiger partial charge is 0.395 e. The number of aryl methyl sites for hydroxylation is 1. The van der Waals surface area contributed by atoms with Crippen LogP contribution < -0.4 is 10.4 Å². The Balaban J connectivity index is 2.00. The van der Waals surface area contributed by atoms with Crippen molar-refractivity contribution in [3.8, 4) is 0 Å². The predicted molar refractivity (Wildman–Crippen MR) is 80.0 cm³/mol. The Labute approximate surface area is 119 Å². The molecule has 1 aliphatic heterocycles. The van der Waals surface area contributed by atoms with E-state index in [1.807, 2.05) is 18.5 Å². The van der Waals surface area contributed by atoms with Crippen molar-refractivity contribution >= 4 is 17.7 Å². The Morgan fingerprint density at radius 3 is 2.65 bits per heavy atom. The van der Waals surface area contributed by atoms with Crippen LogP contribution in [0.25, 0.3) is 0 Å². The molecule has 0 amide bonds. The summed E-state index contributed by atoms with van der Waals surface area (Å²) in [7, 11) is 0. The van der Waals surface area contributed by atoms with E-state index in [1.165, 1.54) is 12.0 Å². The molecule has 0 atom stereocenters. The zero-order valence-corrected chi connectivity index (χ0v) is 11.8. The summed E-state index contributed by atoms with van der Waals surface area (Å²) >= 11 is 0. The van der Waals surface area contributed by atoms with Crippen LogP contribution in [0.2, 0.25) is 0 Å². The van der Waals surface area contributed by atoms with E-state index in [0.29, 0.717) is 0 Å². The number of benzene rings is 1. The zero-order chi connectivity index (χ0) is 14.4. The van der Waals surface area contributed by atoms with Crippen molar-refractivity contribution in [3.05, 3.63) is 23.8 Å². The molecule has 0 bridgehead atoms. The van der Waals surface area contributed by atoms with E-state index in [-0.39, 0.29) is 6.61 Å². The van der Waals surface area contributed by atoms with E-state index in [4.69, 9.17) is 10.3 Å². The van der Waals surface area contributed by atoms with Crippen LogP contribution >= 0.6 is 0 Å². The third-order valence-corrected chi connectivity index (χ3v) is 3.60. The van der Waals surface area contributed by atoms with Gasteiger partial charge in [-0.3, -0.25) is 15.6 Å². The van der Waals surface area contributed by atoms with Gasteiger partial charge in [-0.2, -0.15) is 0 Å². The average molecular weight is 278 g/mol. The molecule has 0 unspecified atom stereocenters. The number of aliphatic hydroxyl groups excluding tert-OH is 1. The Bertz CT molecular complexity index is 456. The number of nitrogens with zero attached hydrogens (tertiary/aromatic N) is 3. The number of anilines is 1. The van der Waals surface area contributed by atoms with Gasteiger partial charge in [0.15, 0.2) is 0 Å². The van der Waals surface area contributed by atoms with Gasteiger partial charge in [-0.05, 0) is 30.7 Å². The third-order valence-electron chi connectivity index (χ3n) is 3.60. The number of β-amino-alcohol motifs (C(OH)–C–C–N with tert-alkyl or cyclic N) is 1. The van der Waals surface area contributed by atoms with E-state index >= 15 is 0 Å². The van der Waals surface area contributed by atoms with E-state index in [0.717, 1.165) is 44.0 Å². The lowest BCUT2D eigenvalue weighted by molar-refractivity contribution is 0.189.